The van der Waals surface area contributed by atoms with Gasteiger partial charge in [0.25, 0.3) is 11.5 Å². The standard InChI is InChI=1S/C27H38N4O4S.2C2HF3O2/c1-18(2)31(19(3)4)11-10-28-26(32)25-23(35-17-14-30-12-15-34-16-13-30)22-24(36-25)20-8-6-7-9-21(20)29(5)27(22)33;2*3-2(4,5)1(6)7/h6-9,18-19H,10-17H2,1-5H3,(H,28,32);2*(H,6,7). The summed E-state index contributed by atoms with van der Waals surface area (Å²) in [7, 11) is 1.77. The molecule has 0 radical (unpaired) electrons. The predicted octanol–water partition coefficient (Wildman–Crippen LogP) is 4.58. The molecule has 1 saturated heterocycles. The molecule has 1 fully saturated rings. The first-order valence-corrected chi connectivity index (χ1v) is 16.1. The summed E-state index contributed by atoms with van der Waals surface area (Å²) in [5.41, 5.74) is 0.693. The van der Waals surface area contributed by atoms with Gasteiger partial charge in [-0.1, -0.05) is 18.2 Å². The molecule has 12 nitrogen and oxygen atoms in total. The number of carbonyl (C=O) groups excluding carboxylic acids is 1. The molecule has 3 N–H and O–H groups in total. The van der Waals surface area contributed by atoms with Gasteiger partial charge in [0.05, 0.1) is 23.4 Å². The number of amides is 1. The van der Waals surface area contributed by atoms with E-state index in [2.05, 4.69) is 42.8 Å². The lowest BCUT2D eigenvalue weighted by Crippen LogP contribution is -2.42. The highest BCUT2D eigenvalue weighted by atomic mass is 32.1. The molecule has 1 amide bonds. The van der Waals surface area contributed by atoms with Gasteiger partial charge in [-0.3, -0.25) is 19.4 Å². The van der Waals surface area contributed by atoms with Crippen molar-refractivity contribution in [1.82, 2.24) is 19.7 Å². The molecule has 0 unspecified atom stereocenters. The van der Waals surface area contributed by atoms with E-state index in [9.17, 15) is 35.9 Å². The van der Waals surface area contributed by atoms with Crippen LogP contribution in [-0.4, -0.2) is 119 Å². The molecule has 4 rings (SSSR count). The molecule has 1 aliphatic heterocycles. The number of rotatable bonds is 10. The van der Waals surface area contributed by atoms with E-state index >= 15 is 0 Å². The highest BCUT2D eigenvalue weighted by Crippen LogP contribution is 2.39. The van der Waals surface area contributed by atoms with Crippen molar-refractivity contribution >= 4 is 50.2 Å². The number of para-hydroxylation sites is 1. The Bertz CT molecular complexity index is 1630. The van der Waals surface area contributed by atoms with Gasteiger partial charge >= 0.3 is 24.3 Å². The van der Waals surface area contributed by atoms with E-state index in [1.165, 1.54) is 11.3 Å². The van der Waals surface area contributed by atoms with Crippen LogP contribution in [-0.2, 0) is 21.4 Å². The van der Waals surface area contributed by atoms with E-state index in [1.807, 2.05) is 24.3 Å². The van der Waals surface area contributed by atoms with Gasteiger partial charge in [-0.15, -0.1) is 11.3 Å². The maximum absolute atomic E-state index is 13.4. The predicted molar refractivity (Wildman–Crippen MR) is 174 cm³/mol. The fourth-order valence-corrected chi connectivity index (χ4v) is 6.10. The Morgan fingerprint density at radius 1 is 0.980 bits per heavy atom. The second-order valence-corrected chi connectivity index (χ2v) is 12.5. The minimum Gasteiger partial charge on any atom is -0.490 e. The SMILES string of the molecule is CC(C)N(CCNC(=O)c1sc2c(c1OCCN1CCOCC1)c(=O)n(C)c1ccccc21)C(C)C.O=C(O)C(F)(F)F.O=C(O)C(F)(F)F. The van der Waals surface area contributed by atoms with Gasteiger partial charge in [0, 0.05) is 57.2 Å². The zero-order valence-electron chi connectivity index (χ0n) is 28.0. The summed E-state index contributed by atoms with van der Waals surface area (Å²) in [6, 6.07) is 8.58. The number of halogens is 6. The van der Waals surface area contributed by atoms with E-state index in [4.69, 9.17) is 29.3 Å². The molecule has 0 atom stereocenters. The number of morpholine rings is 1. The maximum Gasteiger partial charge on any atom is 0.490 e. The number of carboxylic acid groups (broad SMARTS) is 2. The Morgan fingerprint density at radius 2 is 1.50 bits per heavy atom. The number of thiophene rings is 1. The monoisotopic (exact) mass is 742 g/mol. The van der Waals surface area contributed by atoms with Crippen LogP contribution in [0.25, 0.3) is 21.0 Å². The van der Waals surface area contributed by atoms with Crippen molar-refractivity contribution in [3.05, 3.63) is 39.5 Å². The minimum absolute atomic E-state index is 0.147. The van der Waals surface area contributed by atoms with Gasteiger partial charge < -0.3 is 29.6 Å². The van der Waals surface area contributed by atoms with Crippen molar-refractivity contribution in [2.45, 2.75) is 52.1 Å². The van der Waals surface area contributed by atoms with Crippen LogP contribution in [0.4, 0.5) is 26.3 Å². The minimum atomic E-state index is -5.08. The van der Waals surface area contributed by atoms with Crippen LogP contribution in [0.15, 0.2) is 29.1 Å². The average Bonchev–Trinajstić information content (AvgIpc) is 3.41. The zero-order valence-corrected chi connectivity index (χ0v) is 28.8. The van der Waals surface area contributed by atoms with E-state index in [0.29, 0.717) is 61.0 Å². The molecule has 0 spiro atoms. The van der Waals surface area contributed by atoms with Gasteiger partial charge in [-0.25, -0.2) is 9.59 Å². The van der Waals surface area contributed by atoms with Crippen LogP contribution in [0.5, 0.6) is 5.75 Å². The summed E-state index contributed by atoms with van der Waals surface area (Å²) in [5, 5.41) is 18.8. The second kappa shape index (κ2) is 18.3. The van der Waals surface area contributed by atoms with Crippen molar-refractivity contribution in [2.24, 2.45) is 7.05 Å². The number of nitrogens with one attached hydrogen (secondary N) is 1. The van der Waals surface area contributed by atoms with Crippen molar-refractivity contribution in [3.8, 4) is 5.75 Å². The Balaban J connectivity index is 0.000000521. The third-order valence-electron chi connectivity index (χ3n) is 7.32. The van der Waals surface area contributed by atoms with Gasteiger partial charge in [-0.2, -0.15) is 26.3 Å². The number of carboxylic acids is 2. The number of benzene rings is 1. The fourth-order valence-electron chi connectivity index (χ4n) is 4.92. The molecule has 280 valence electrons. The van der Waals surface area contributed by atoms with E-state index in [0.717, 1.165) is 35.2 Å². The first-order valence-electron chi connectivity index (χ1n) is 15.3. The molecule has 0 bridgehead atoms. The molecule has 1 aromatic carbocycles. The quantitative estimate of drug-likeness (QED) is 0.252. The first kappa shape index (κ1) is 42.2. The van der Waals surface area contributed by atoms with Crippen LogP contribution >= 0.6 is 11.3 Å². The number of alkyl halides is 6. The van der Waals surface area contributed by atoms with Crippen molar-refractivity contribution in [3.63, 3.8) is 0 Å². The van der Waals surface area contributed by atoms with Crippen molar-refractivity contribution in [1.29, 1.82) is 0 Å². The van der Waals surface area contributed by atoms with Crippen molar-refractivity contribution in [2.75, 3.05) is 52.5 Å². The molecular weight excluding hydrogens is 702 g/mol. The molecule has 0 aliphatic carbocycles. The molecule has 3 aromatic rings. The molecule has 3 heterocycles. The number of ether oxygens (including phenoxy) is 2. The smallest absolute Gasteiger partial charge is 0.490 e. The largest absolute Gasteiger partial charge is 0.490 e. The number of aryl methyl sites for hydroxylation is 1. The first-order chi connectivity index (χ1) is 23.2. The summed E-state index contributed by atoms with van der Waals surface area (Å²) in [6.45, 7) is 14.2. The zero-order chi connectivity index (χ0) is 38.0. The normalized spacial score (nSPS) is 14.0. The lowest BCUT2D eigenvalue weighted by atomic mass is 10.1. The Kier molecular flexibility index (Phi) is 15.5. The summed E-state index contributed by atoms with van der Waals surface area (Å²) in [6.07, 6.45) is -10.2. The number of fused-ring (bicyclic) bond motifs is 3. The van der Waals surface area contributed by atoms with Crippen LogP contribution in [0.1, 0.15) is 37.4 Å². The summed E-state index contributed by atoms with van der Waals surface area (Å²) in [4.78, 5) is 49.7. The third-order valence-corrected chi connectivity index (χ3v) is 8.53. The van der Waals surface area contributed by atoms with Gasteiger partial charge in [0.2, 0.25) is 0 Å². The number of aromatic nitrogens is 1. The average molecular weight is 743 g/mol. The molecule has 2 aromatic heterocycles. The van der Waals surface area contributed by atoms with Crippen molar-refractivity contribution < 1.29 is 60.4 Å². The van der Waals surface area contributed by atoms with Gasteiger partial charge in [0.1, 0.15) is 16.9 Å². The van der Waals surface area contributed by atoms with E-state index in [1.54, 1.807) is 11.6 Å². The van der Waals surface area contributed by atoms with E-state index in [-0.39, 0.29) is 11.5 Å². The Morgan fingerprint density at radius 3 is 2.00 bits per heavy atom. The van der Waals surface area contributed by atoms with E-state index < -0.39 is 24.3 Å². The lowest BCUT2D eigenvalue weighted by molar-refractivity contribution is -0.193. The van der Waals surface area contributed by atoms with Gasteiger partial charge in [0.15, 0.2) is 5.75 Å². The number of hydrogen-bond acceptors (Lipinski definition) is 9. The van der Waals surface area contributed by atoms with Crippen LogP contribution in [0.3, 0.4) is 0 Å². The summed E-state index contributed by atoms with van der Waals surface area (Å²) in [5.74, 6) is -5.31. The highest BCUT2D eigenvalue weighted by Gasteiger charge is 2.39. The summed E-state index contributed by atoms with van der Waals surface area (Å²) >= 11 is 1.34. The molecular formula is C31H40F6N4O8S. The summed E-state index contributed by atoms with van der Waals surface area (Å²) < 4.78 is 77.6. The Hall–Kier alpha value is -3.94. The topological polar surface area (TPSA) is 151 Å². The lowest BCUT2D eigenvalue weighted by Gasteiger charge is -2.30. The molecule has 1 aliphatic rings. The maximum atomic E-state index is 13.4. The molecule has 50 heavy (non-hydrogen) atoms. The molecule has 19 heteroatoms. The second-order valence-electron chi connectivity index (χ2n) is 11.4. The van der Waals surface area contributed by atoms with Crippen LogP contribution < -0.4 is 15.6 Å². The third kappa shape index (κ3) is 11.8. The van der Waals surface area contributed by atoms with Crippen LogP contribution in [0, 0.1) is 0 Å². The number of pyridine rings is 1. The fraction of sp³-hybridized carbons (Fsp3) is 0.548. The van der Waals surface area contributed by atoms with Gasteiger partial charge in [-0.05, 0) is 33.8 Å². The number of hydrogen-bond donors (Lipinski definition) is 3. The number of nitrogens with zero attached hydrogens (tertiary/aromatic N) is 3. The number of carbonyl (C=O) groups is 3. The highest BCUT2D eigenvalue weighted by molar-refractivity contribution is 7.22. The van der Waals surface area contributed by atoms with Crippen LogP contribution in [0.2, 0.25) is 0 Å². The Labute approximate surface area is 287 Å². The number of aliphatic carboxylic acids is 2. The molecule has 0 saturated carbocycles.